The van der Waals surface area contributed by atoms with Gasteiger partial charge in [0, 0.05) is 20.3 Å². The van der Waals surface area contributed by atoms with Crippen LogP contribution in [0.3, 0.4) is 0 Å². The van der Waals surface area contributed by atoms with E-state index in [2.05, 4.69) is 4.74 Å². The van der Waals surface area contributed by atoms with Crippen molar-refractivity contribution in [3.63, 3.8) is 0 Å². The summed E-state index contributed by atoms with van der Waals surface area (Å²) in [6, 6.07) is 0. The molecule has 5 nitrogen and oxygen atoms in total. The third-order valence-corrected chi connectivity index (χ3v) is 1.72. The maximum atomic E-state index is 10.5. The maximum absolute atomic E-state index is 10.5. The van der Waals surface area contributed by atoms with Gasteiger partial charge in [0.25, 0.3) is 0 Å². The number of hydrogen-bond acceptors (Lipinski definition) is 5. The van der Waals surface area contributed by atoms with Crippen LogP contribution in [0.2, 0.25) is 0 Å². The average molecular weight is 218 g/mol. The van der Waals surface area contributed by atoms with Crippen LogP contribution < -0.4 is 0 Å². The van der Waals surface area contributed by atoms with Gasteiger partial charge in [0.1, 0.15) is 0 Å². The lowest BCUT2D eigenvalue weighted by molar-refractivity contribution is -0.168. The summed E-state index contributed by atoms with van der Waals surface area (Å²) in [4.78, 5) is 21.0. The first kappa shape index (κ1) is 13.9. The Morgan fingerprint density at radius 3 is 2.07 bits per heavy atom. The topological polar surface area (TPSA) is 61.8 Å². The van der Waals surface area contributed by atoms with Gasteiger partial charge in [0.05, 0.1) is 12.2 Å². The van der Waals surface area contributed by atoms with Crippen molar-refractivity contribution < 1.29 is 23.8 Å². The molecule has 0 saturated carbocycles. The summed E-state index contributed by atoms with van der Waals surface area (Å²) in [5.74, 6) is -0.698. The lowest BCUT2D eigenvalue weighted by atomic mass is 10.1. The SMILES string of the molecule is CC(=O)OCCC(C)(C)OCOC(C)=O. The molecular weight excluding hydrogens is 200 g/mol. The van der Waals surface area contributed by atoms with Crippen LogP contribution in [-0.2, 0) is 23.8 Å². The number of rotatable bonds is 6. The second-order valence-corrected chi connectivity index (χ2v) is 3.75. The van der Waals surface area contributed by atoms with Crippen molar-refractivity contribution in [2.24, 2.45) is 0 Å². The molecule has 0 bridgehead atoms. The van der Waals surface area contributed by atoms with E-state index in [1.54, 1.807) is 0 Å². The third kappa shape index (κ3) is 9.21. The Morgan fingerprint density at radius 2 is 1.60 bits per heavy atom. The normalized spacial score (nSPS) is 10.9. The van der Waals surface area contributed by atoms with Gasteiger partial charge in [-0.1, -0.05) is 0 Å². The van der Waals surface area contributed by atoms with Crippen molar-refractivity contribution in [3.8, 4) is 0 Å². The van der Waals surface area contributed by atoms with E-state index in [1.165, 1.54) is 13.8 Å². The molecule has 0 amide bonds. The average Bonchev–Trinajstić information content (AvgIpc) is 2.01. The largest absolute Gasteiger partial charge is 0.466 e. The molecule has 0 aliphatic rings. The first-order valence-corrected chi connectivity index (χ1v) is 4.74. The second-order valence-electron chi connectivity index (χ2n) is 3.75. The zero-order valence-corrected chi connectivity index (χ0v) is 9.66. The van der Waals surface area contributed by atoms with Crippen LogP contribution in [0.4, 0.5) is 0 Å². The Hall–Kier alpha value is -1.10. The molecule has 0 radical (unpaired) electrons. The van der Waals surface area contributed by atoms with Gasteiger partial charge in [0.15, 0.2) is 6.79 Å². The van der Waals surface area contributed by atoms with Crippen LogP contribution in [-0.4, -0.2) is 30.9 Å². The molecule has 0 aromatic heterocycles. The van der Waals surface area contributed by atoms with Crippen LogP contribution in [0.5, 0.6) is 0 Å². The lowest BCUT2D eigenvalue weighted by Crippen LogP contribution is -2.28. The van der Waals surface area contributed by atoms with Gasteiger partial charge in [-0.2, -0.15) is 0 Å². The van der Waals surface area contributed by atoms with Gasteiger partial charge in [-0.05, 0) is 13.8 Å². The minimum absolute atomic E-state index is 0.0809. The van der Waals surface area contributed by atoms with E-state index < -0.39 is 5.60 Å². The van der Waals surface area contributed by atoms with Crippen LogP contribution in [0.15, 0.2) is 0 Å². The van der Waals surface area contributed by atoms with Crippen molar-refractivity contribution in [1.82, 2.24) is 0 Å². The fourth-order valence-corrected chi connectivity index (χ4v) is 0.785. The van der Waals surface area contributed by atoms with Crippen molar-refractivity contribution >= 4 is 11.9 Å². The molecule has 0 atom stereocenters. The summed E-state index contributed by atoms with van der Waals surface area (Å²) >= 11 is 0. The Kier molecular flexibility index (Phi) is 5.93. The molecule has 0 rings (SSSR count). The fraction of sp³-hybridized carbons (Fsp3) is 0.800. The van der Waals surface area contributed by atoms with Crippen LogP contribution in [0.1, 0.15) is 34.1 Å². The minimum atomic E-state index is -0.481. The standard InChI is InChI=1S/C10H18O5/c1-8(11)13-6-5-10(3,4)15-7-14-9(2)12/h5-7H2,1-4H3. The van der Waals surface area contributed by atoms with Gasteiger partial charge in [-0.3, -0.25) is 9.59 Å². The monoisotopic (exact) mass is 218 g/mol. The molecule has 0 fully saturated rings. The predicted octanol–water partition coefficient (Wildman–Crippen LogP) is 1.26. The highest BCUT2D eigenvalue weighted by atomic mass is 16.7. The van der Waals surface area contributed by atoms with Crippen LogP contribution in [0.25, 0.3) is 0 Å². The van der Waals surface area contributed by atoms with Crippen molar-refractivity contribution in [3.05, 3.63) is 0 Å². The van der Waals surface area contributed by atoms with Gasteiger partial charge < -0.3 is 14.2 Å². The lowest BCUT2D eigenvalue weighted by Gasteiger charge is -2.24. The van der Waals surface area contributed by atoms with Gasteiger partial charge in [0.2, 0.25) is 0 Å². The Labute approximate surface area is 89.7 Å². The van der Waals surface area contributed by atoms with Gasteiger partial charge in [-0.25, -0.2) is 0 Å². The van der Waals surface area contributed by atoms with Gasteiger partial charge in [-0.15, -0.1) is 0 Å². The van der Waals surface area contributed by atoms with E-state index in [4.69, 9.17) is 9.47 Å². The van der Waals surface area contributed by atoms with Crippen LogP contribution >= 0.6 is 0 Å². The highest BCUT2D eigenvalue weighted by molar-refractivity contribution is 5.66. The summed E-state index contributed by atoms with van der Waals surface area (Å²) in [5, 5.41) is 0. The number of hydrogen-bond donors (Lipinski definition) is 0. The molecule has 0 N–H and O–H groups in total. The summed E-state index contributed by atoms with van der Waals surface area (Å²) in [5.41, 5.74) is -0.481. The number of esters is 2. The van der Waals surface area contributed by atoms with E-state index in [9.17, 15) is 9.59 Å². The molecule has 0 unspecified atom stereocenters. The first-order valence-electron chi connectivity index (χ1n) is 4.74. The molecule has 0 aromatic carbocycles. The third-order valence-electron chi connectivity index (χ3n) is 1.72. The Bertz CT molecular complexity index is 200. The fourth-order valence-electron chi connectivity index (χ4n) is 0.785. The second kappa shape index (κ2) is 6.40. The van der Waals surface area contributed by atoms with E-state index in [-0.39, 0.29) is 18.7 Å². The smallest absolute Gasteiger partial charge is 0.304 e. The van der Waals surface area contributed by atoms with E-state index in [0.717, 1.165) is 0 Å². The Morgan fingerprint density at radius 1 is 1.07 bits per heavy atom. The molecular formula is C10H18O5. The van der Waals surface area contributed by atoms with E-state index in [0.29, 0.717) is 13.0 Å². The predicted molar refractivity (Wildman–Crippen MR) is 53.0 cm³/mol. The molecule has 0 aromatic rings. The highest BCUT2D eigenvalue weighted by Crippen LogP contribution is 2.14. The van der Waals surface area contributed by atoms with E-state index in [1.807, 2.05) is 13.8 Å². The molecule has 0 saturated heterocycles. The number of carbonyl (C=O) groups excluding carboxylic acids is 2. The van der Waals surface area contributed by atoms with E-state index >= 15 is 0 Å². The molecule has 5 heteroatoms. The molecule has 15 heavy (non-hydrogen) atoms. The molecule has 0 heterocycles. The number of ether oxygens (including phenoxy) is 3. The quantitative estimate of drug-likeness (QED) is 0.496. The first-order chi connectivity index (χ1) is 6.83. The summed E-state index contributed by atoms with van der Waals surface area (Å²) < 4.78 is 14.7. The Balaban J connectivity index is 3.66. The van der Waals surface area contributed by atoms with Crippen molar-refractivity contribution in [2.45, 2.75) is 39.7 Å². The summed E-state index contributed by atoms with van der Waals surface area (Å²) in [7, 11) is 0. The van der Waals surface area contributed by atoms with Crippen molar-refractivity contribution in [1.29, 1.82) is 0 Å². The zero-order valence-electron chi connectivity index (χ0n) is 9.66. The summed E-state index contributed by atoms with van der Waals surface area (Å²) in [6.45, 7) is 6.55. The summed E-state index contributed by atoms with van der Waals surface area (Å²) in [6.07, 6.45) is 0.549. The molecule has 0 aliphatic heterocycles. The molecule has 0 spiro atoms. The van der Waals surface area contributed by atoms with Crippen LogP contribution in [0, 0.1) is 0 Å². The highest BCUT2D eigenvalue weighted by Gasteiger charge is 2.19. The molecule has 0 aliphatic carbocycles. The van der Waals surface area contributed by atoms with Crippen molar-refractivity contribution in [2.75, 3.05) is 13.4 Å². The maximum Gasteiger partial charge on any atom is 0.304 e. The zero-order chi connectivity index (χ0) is 11.9. The number of carbonyl (C=O) groups is 2. The molecule has 88 valence electrons. The minimum Gasteiger partial charge on any atom is -0.466 e. The van der Waals surface area contributed by atoms with Gasteiger partial charge >= 0.3 is 11.9 Å².